The Kier molecular flexibility index (Phi) is 3.87. The highest BCUT2D eigenvalue weighted by molar-refractivity contribution is 5.95. The van der Waals surface area contributed by atoms with E-state index in [9.17, 15) is 9.59 Å². The first-order valence-electron chi connectivity index (χ1n) is 8.08. The number of likely N-dealkylation sites (tertiary alicyclic amines) is 1. The number of amides is 1. The molecule has 4 nitrogen and oxygen atoms in total. The third-order valence-corrected chi connectivity index (χ3v) is 5.39. The third-order valence-electron chi connectivity index (χ3n) is 5.39. The Balaban J connectivity index is 1.68. The lowest BCUT2D eigenvalue weighted by molar-refractivity contribution is 0.0471. The van der Waals surface area contributed by atoms with Crippen LogP contribution in [0.4, 0.5) is 0 Å². The summed E-state index contributed by atoms with van der Waals surface area (Å²) in [6.07, 6.45) is 10.6. The molecule has 2 aliphatic rings. The predicted molar refractivity (Wildman–Crippen MR) is 82.5 cm³/mol. The van der Waals surface area contributed by atoms with E-state index in [1.54, 1.807) is 6.20 Å². The monoisotopic (exact) mass is 288 g/mol. The van der Waals surface area contributed by atoms with Crippen LogP contribution in [0.2, 0.25) is 0 Å². The minimum atomic E-state index is -0.149. The summed E-state index contributed by atoms with van der Waals surface area (Å²) >= 11 is 0. The van der Waals surface area contributed by atoms with Crippen molar-refractivity contribution in [1.82, 2.24) is 9.88 Å². The molecule has 3 rings (SSSR count). The highest BCUT2D eigenvalue weighted by atomic mass is 16.2. The molecule has 4 heteroatoms. The summed E-state index contributed by atoms with van der Waals surface area (Å²) in [5.74, 6) is 0.0643. The minimum absolute atomic E-state index is 0.0643. The van der Waals surface area contributed by atoms with Gasteiger partial charge in [0.15, 0.2) is 0 Å². The van der Waals surface area contributed by atoms with Gasteiger partial charge in [0, 0.05) is 25.4 Å². The van der Waals surface area contributed by atoms with E-state index in [1.165, 1.54) is 38.2 Å². The number of nitrogens with one attached hydrogen (secondary N) is 1. The van der Waals surface area contributed by atoms with Gasteiger partial charge >= 0.3 is 0 Å². The molecular formula is C17H24N2O2. The molecule has 1 saturated heterocycles. The van der Waals surface area contributed by atoms with Crippen molar-refractivity contribution in [3.8, 4) is 0 Å². The molecule has 1 aliphatic heterocycles. The largest absolute Gasteiger partial charge is 0.339 e. The second-order valence-electron chi connectivity index (χ2n) is 6.75. The van der Waals surface area contributed by atoms with Crippen LogP contribution in [-0.2, 0) is 0 Å². The number of carbonyl (C=O) groups is 1. The normalized spacial score (nSPS) is 21.5. The summed E-state index contributed by atoms with van der Waals surface area (Å²) in [7, 11) is 0. The van der Waals surface area contributed by atoms with Crippen molar-refractivity contribution < 1.29 is 4.79 Å². The lowest BCUT2D eigenvalue weighted by Gasteiger charge is -2.44. The maximum atomic E-state index is 12.6. The molecule has 2 heterocycles. The highest BCUT2D eigenvalue weighted by Crippen LogP contribution is 2.44. The van der Waals surface area contributed by atoms with Gasteiger partial charge in [0.2, 0.25) is 5.56 Å². The summed E-state index contributed by atoms with van der Waals surface area (Å²) < 4.78 is 0. The molecule has 1 aromatic rings. The van der Waals surface area contributed by atoms with E-state index in [4.69, 9.17) is 0 Å². The summed E-state index contributed by atoms with van der Waals surface area (Å²) in [5, 5.41) is 0. The lowest BCUT2D eigenvalue weighted by Crippen LogP contribution is -2.44. The molecule has 1 aliphatic carbocycles. The fourth-order valence-electron chi connectivity index (χ4n) is 3.96. The lowest BCUT2D eigenvalue weighted by atomic mass is 9.68. The van der Waals surface area contributed by atoms with E-state index in [0.29, 0.717) is 11.0 Å². The standard InChI is InChI=1S/C17H24N2O2/c1-13-11-15(20)18-12-14(13)16(21)19-9-7-17(8-10-19)5-3-2-4-6-17/h11-12H,2-10H2,1H3,(H,18,20). The van der Waals surface area contributed by atoms with E-state index in [0.717, 1.165) is 31.5 Å². The number of hydrogen-bond donors (Lipinski definition) is 1. The number of aromatic nitrogens is 1. The first-order chi connectivity index (χ1) is 10.1. The summed E-state index contributed by atoms with van der Waals surface area (Å²) in [6, 6.07) is 1.50. The maximum Gasteiger partial charge on any atom is 0.255 e. The zero-order valence-corrected chi connectivity index (χ0v) is 12.8. The molecular weight excluding hydrogens is 264 g/mol. The highest BCUT2D eigenvalue weighted by Gasteiger charge is 2.36. The number of carbonyl (C=O) groups excluding carboxylic acids is 1. The Hall–Kier alpha value is -1.58. The molecule has 0 bridgehead atoms. The SMILES string of the molecule is Cc1cc(=O)[nH]cc1C(=O)N1CCC2(CCCCC2)CC1. The van der Waals surface area contributed by atoms with Gasteiger partial charge in [0.1, 0.15) is 0 Å². The smallest absolute Gasteiger partial charge is 0.255 e. The van der Waals surface area contributed by atoms with Gasteiger partial charge < -0.3 is 9.88 Å². The molecule has 114 valence electrons. The number of piperidine rings is 1. The van der Waals surface area contributed by atoms with Crippen molar-refractivity contribution in [2.24, 2.45) is 5.41 Å². The second-order valence-corrected chi connectivity index (χ2v) is 6.75. The van der Waals surface area contributed by atoms with Crippen molar-refractivity contribution in [2.75, 3.05) is 13.1 Å². The zero-order chi connectivity index (χ0) is 14.9. The first kappa shape index (κ1) is 14.4. The predicted octanol–water partition coefficient (Wildman–Crippen LogP) is 2.87. The maximum absolute atomic E-state index is 12.6. The van der Waals surface area contributed by atoms with E-state index < -0.39 is 0 Å². The number of H-pyrrole nitrogens is 1. The number of hydrogen-bond acceptors (Lipinski definition) is 2. The Morgan fingerprint density at radius 2 is 1.81 bits per heavy atom. The zero-order valence-electron chi connectivity index (χ0n) is 12.8. The van der Waals surface area contributed by atoms with Gasteiger partial charge in [-0.05, 0) is 43.6 Å². The molecule has 1 amide bonds. The Morgan fingerprint density at radius 1 is 1.14 bits per heavy atom. The summed E-state index contributed by atoms with van der Waals surface area (Å²) in [5.41, 5.74) is 1.76. The second kappa shape index (κ2) is 5.66. The van der Waals surface area contributed by atoms with Crippen molar-refractivity contribution in [3.05, 3.63) is 33.7 Å². The molecule has 1 spiro atoms. The van der Waals surface area contributed by atoms with Crippen LogP contribution in [0.3, 0.4) is 0 Å². The van der Waals surface area contributed by atoms with Crippen LogP contribution in [0.1, 0.15) is 60.9 Å². The van der Waals surface area contributed by atoms with Crippen LogP contribution in [0, 0.1) is 12.3 Å². The van der Waals surface area contributed by atoms with Crippen molar-refractivity contribution >= 4 is 5.91 Å². The average molecular weight is 288 g/mol. The van der Waals surface area contributed by atoms with E-state index in [-0.39, 0.29) is 11.5 Å². The van der Waals surface area contributed by atoms with Crippen LogP contribution >= 0.6 is 0 Å². The Bertz CT molecular complexity index is 575. The van der Waals surface area contributed by atoms with Crippen LogP contribution in [0.5, 0.6) is 0 Å². The molecule has 0 unspecified atom stereocenters. The average Bonchev–Trinajstić information content (AvgIpc) is 2.48. The van der Waals surface area contributed by atoms with Gasteiger partial charge in [-0.3, -0.25) is 9.59 Å². The quantitative estimate of drug-likeness (QED) is 0.864. The fraction of sp³-hybridized carbons (Fsp3) is 0.647. The molecule has 1 aromatic heterocycles. The number of aryl methyl sites for hydroxylation is 1. The molecule has 21 heavy (non-hydrogen) atoms. The number of rotatable bonds is 1. The van der Waals surface area contributed by atoms with Gasteiger partial charge in [-0.25, -0.2) is 0 Å². The number of aromatic amines is 1. The molecule has 0 aromatic carbocycles. The van der Waals surface area contributed by atoms with Crippen LogP contribution in [0.15, 0.2) is 17.1 Å². The molecule has 2 fully saturated rings. The Labute approximate surface area is 125 Å². The molecule has 1 saturated carbocycles. The van der Waals surface area contributed by atoms with E-state index >= 15 is 0 Å². The molecule has 0 atom stereocenters. The van der Waals surface area contributed by atoms with Gasteiger partial charge in [-0.1, -0.05) is 19.3 Å². The molecule has 0 radical (unpaired) electrons. The van der Waals surface area contributed by atoms with Gasteiger partial charge in [0.05, 0.1) is 5.56 Å². The molecule has 1 N–H and O–H groups in total. The van der Waals surface area contributed by atoms with E-state index in [2.05, 4.69) is 4.98 Å². The third kappa shape index (κ3) is 2.89. The summed E-state index contributed by atoms with van der Waals surface area (Å²) in [6.45, 7) is 3.55. The number of pyridine rings is 1. The van der Waals surface area contributed by atoms with Gasteiger partial charge in [0.25, 0.3) is 5.91 Å². The summed E-state index contributed by atoms with van der Waals surface area (Å²) in [4.78, 5) is 28.4. The van der Waals surface area contributed by atoms with Crippen LogP contribution < -0.4 is 5.56 Å². The van der Waals surface area contributed by atoms with Gasteiger partial charge in [-0.2, -0.15) is 0 Å². The minimum Gasteiger partial charge on any atom is -0.339 e. The number of nitrogens with zero attached hydrogens (tertiary/aromatic N) is 1. The van der Waals surface area contributed by atoms with Crippen molar-refractivity contribution in [1.29, 1.82) is 0 Å². The van der Waals surface area contributed by atoms with Crippen molar-refractivity contribution in [2.45, 2.75) is 51.9 Å². The van der Waals surface area contributed by atoms with Gasteiger partial charge in [-0.15, -0.1) is 0 Å². The topological polar surface area (TPSA) is 53.2 Å². The van der Waals surface area contributed by atoms with E-state index in [1.807, 2.05) is 11.8 Å². The van der Waals surface area contributed by atoms with Crippen LogP contribution in [0.25, 0.3) is 0 Å². The van der Waals surface area contributed by atoms with Crippen molar-refractivity contribution in [3.63, 3.8) is 0 Å². The Morgan fingerprint density at radius 3 is 2.43 bits per heavy atom. The fourth-order valence-corrected chi connectivity index (χ4v) is 3.96. The first-order valence-corrected chi connectivity index (χ1v) is 8.08. The van der Waals surface area contributed by atoms with Crippen LogP contribution in [-0.4, -0.2) is 28.9 Å².